The molecule has 4 atom stereocenters. The monoisotopic (exact) mass is 263 g/mol. The molecule has 0 aromatic carbocycles. The number of amides is 2. The van der Waals surface area contributed by atoms with Gasteiger partial charge in [-0.25, -0.2) is 4.79 Å². The van der Waals surface area contributed by atoms with Crippen LogP contribution in [0, 0.1) is 23.7 Å². The molecule has 0 radical (unpaired) electrons. The molecule has 1 aliphatic heterocycles. The maximum absolute atomic E-state index is 12.1. The summed E-state index contributed by atoms with van der Waals surface area (Å²) in [4.78, 5) is 50.6. The van der Waals surface area contributed by atoms with E-state index in [-0.39, 0.29) is 36.5 Å². The first-order chi connectivity index (χ1) is 9.13. The lowest BCUT2D eigenvalue weighted by Crippen LogP contribution is -2.35. The van der Waals surface area contributed by atoms with E-state index in [9.17, 15) is 19.2 Å². The van der Waals surface area contributed by atoms with Gasteiger partial charge in [-0.15, -0.1) is 5.06 Å². The Bertz CT molecular complexity index is 467. The number of carbonyl (C=O) groups is 4. The second-order valence-electron chi connectivity index (χ2n) is 5.14. The molecule has 0 spiro atoms. The molecule has 1 saturated heterocycles. The first kappa shape index (κ1) is 12.1. The molecule has 2 aliphatic carbocycles. The van der Waals surface area contributed by atoms with Crippen molar-refractivity contribution in [2.45, 2.75) is 19.3 Å². The maximum atomic E-state index is 12.1. The van der Waals surface area contributed by atoms with Crippen molar-refractivity contribution in [1.82, 2.24) is 5.06 Å². The third-order valence-corrected chi connectivity index (χ3v) is 4.09. The summed E-state index contributed by atoms with van der Waals surface area (Å²) in [7, 11) is 0. The minimum Gasteiger partial charge on any atom is -0.330 e. The fourth-order valence-electron chi connectivity index (χ4n) is 3.29. The molecule has 0 aromatic heterocycles. The lowest BCUT2D eigenvalue weighted by molar-refractivity contribution is -0.199. The minimum atomic E-state index is -0.728. The predicted molar refractivity (Wildman–Crippen MR) is 61.0 cm³/mol. The molecule has 2 fully saturated rings. The van der Waals surface area contributed by atoms with Crippen molar-refractivity contribution < 1.29 is 24.0 Å². The summed E-state index contributed by atoms with van der Waals surface area (Å²) in [6.07, 6.45) is 5.26. The van der Waals surface area contributed by atoms with E-state index in [1.54, 1.807) is 0 Å². The third kappa shape index (κ3) is 1.70. The van der Waals surface area contributed by atoms with Crippen molar-refractivity contribution >= 4 is 24.1 Å². The van der Waals surface area contributed by atoms with Crippen LogP contribution in [-0.2, 0) is 24.0 Å². The maximum Gasteiger partial charge on any atom is 0.333 e. The molecule has 6 heteroatoms. The van der Waals surface area contributed by atoms with Crippen LogP contribution in [0.3, 0.4) is 0 Å². The van der Waals surface area contributed by atoms with Crippen molar-refractivity contribution in [2.75, 3.05) is 0 Å². The molecule has 1 saturated carbocycles. The van der Waals surface area contributed by atoms with Crippen LogP contribution in [0.5, 0.6) is 0 Å². The van der Waals surface area contributed by atoms with E-state index >= 15 is 0 Å². The van der Waals surface area contributed by atoms with Crippen LogP contribution in [-0.4, -0.2) is 29.1 Å². The minimum absolute atomic E-state index is 0.0225. The predicted octanol–water partition coefficient (Wildman–Crippen LogP) is 0.231. The van der Waals surface area contributed by atoms with Crippen LogP contribution in [0.1, 0.15) is 19.3 Å². The van der Waals surface area contributed by atoms with E-state index in [0.29, 0.717) is 11.3 Å². The van der Waals surface area contributed by atoms with Gasteiger partial charge in [0.1, 0.15) is 6.29 Å². The second-order valence-corrected chi connectivity index (χ2v) is 5.14. The standard InChI is InChI=1S/C13H13NO5/c15-5-1-2-9(16)19-14-12(17)10-7-3-4-8(6-7)11(10)13(14)18/h3-5,7-8,10-11H,1-2,6H2/t7-,8+,10-,11+. The van der Waals surface area contributed by atoms with Crippen molar-refractivity contribution in [1.29, 1.82) is 0 Å². The second kappa shape index (κ2) is 4.29. The van der Waals surface area contributed by atoms with Crippen LogP contribution < -0.4 is 0 Å². The van der Waals surface area contributed by atoms with Crippen LogP contribution in [0.4, 0.5) is 0 Å². The number of carbonyl (C=O) groups excluding carboxylic acids is 4. The molecule has 0 unspecified atom stereocenters. The first-order valence-electron chi connectivity index (χ1n) is 6.34. The van der Waals surface area contributed by atoms with Gasteiger partial charge in [0.15, 0.2) is 0 Å². The Morgan fingerprint density at radius 3 is 2.37 bits per heavy atom. The molecule has 2 amide bonds. The van der Waals surface area contributed by atoms with Crippen molar-refractivity contribution in [3.63, 3.8) is 0 Å². The number of aldehydes is 1. The SMILES string of the molecule is O=CCCC(=O)ON1C(=O)[C@@H]2[C@H](C1=O)[C@@H]1C=C[C@H]2C1. The summed E-state index contributed by atoms with van der Waals surface area (Å²) >= 11 is 0. The number of fused-ring (bicyclic) bond motifs is 5. The van der Waals surface area contributed by atoms with Crippen LogP contribution in [0.25, 0.3) is 0 Å². The average molecular weight is 263 g/mol. The lowest BCUT2D eigenvalue weighted by atomic mass is 9.85. The average Bonchev–Trinajstić information content (AvgIpc) is 3.06. The quantitative estimate of drug-likeness (QED) is 0.412. The molecule has 0 aromatic rings. The number of allylic oxidation sites excluding steroid dienone is 2. The summed E-state index contributed by atoms with van der Waals surface area (Å²) in [5.74, 6) is -2.15. The number of hydroxylamine groups is 2. The van der Waals surface area contributed by atoms with Gasteiger partial charge in [-0.05, 0) is 18.3 Å². The highest BCUT2D eigenvalue weighted by atomic mass is 16.7. The molecule has 3 rings (SSSR count). The summed E-state index contributed by atoms with van der Waals surface area (Å²) < 4.78 is 0. The lowest BCUT2D eigenvalue weighted by Gasteiger charge is -2.15. The van der Waals surface area contributed by atoms with Crippen LogP contribution in [0.15, 0.2) is 12.2 Å². The van der Waals surface area contributed by atoms with E-state index in [0.717, 1.165) is 6.42 Å². The van der Waals surface area contributed by atoms with Gasteiger partial charge >= 0.3 is 5.97 Å². The van der Waals surface area contributed by atoms with E-state index in [2.05, 4.69) is 0 Å². The molecule has 2 bridgehead atoms. The number of nitrogens with zero attached hydrogens (tertiary/aromatic N) is 1. The molecule has 100 valence electrons. The summed E-state index contributed by atoms with van der Waals surface area (Å²) in [5, 5.41) is 0.606. The van der Waals surface area contributed by atoms with Gasteiger partial charge in [0.05, 0.1) is 18.3 Å². The normalized spacial score (nSPS) is 34.8. The molecular formula is C13H13NO5. The van der Waals surface area contributed by atoms with Crippen molar-refractivity contribution in [3.8, 4) is 0 Å². The Kier molecular flexibility index (Phi) is 2.73. The van der Waals surface area contributed by atoms with Gasteiger partial charge in [-0.3, -0.25) is 9.59 Å². The molecule has 3 aliphatic rings. The van der Waals surface area contributed by atoms with E-state index < -0.39 is 17.8 Å². The van der Waals surface area contributed by atoms with Crippen molar-refractivity contribution in [2.24, 2.45) is 23.7 Å². The zero-order valence-corrected chi connectivity index (χ0v) is 10.2. The van der Waals surface area contributed by atoms with E-state index in [1.165, 1.54) is 0 Å². The van der Waals surface area contributed by atoms with Gasteiger partial charge in [-0.1, -0.05) is 12.2 Å². The first-order valence-corrected chi connectivity index (χ1v) is 6.34. The molecule has 19 heavy (non-hydrogen) atoms. The van der Waals surface area contributed by atoms with E-state index in [1.807, 2.05) is 12.2 Å². The van der Waals surface area contributed by atoms with Crippen LogP contribution in [0.2, 0.25) is 0 Å². The summed E-state index contributed by atoms with van der Waals surface area (Å²) in [6, 6.07) is 0. The largest absolute Gasteiger partial charge is 0.333 e. The van der Waals surface area contributed by atoms with E-state index in [4.69, 9.17) is 4.84 Å². The van der Waals surface area contributed by atoms with Crippen LogP contribution >= 0.6 is 0 Å². The highest BCUT2D eigenvalue weighted by Crippen LogP contribution is 2.52. The Balaban J connectivity index is 1.72. The fourth-order valence-corrected chi connectivity index (χ4v) is 3.29. The van der Waals surface area contributed by atoms with Gasteiger partial charge < -0.3 is 9.63 Å². The fraction of sp³-hybridized carbons (Fsp3) is 0.538. The Labute approximate surface area is 109 Å². The highest BCUT2D eigenvalue weighted by molar-refractivity contribution is 6.06. The molecule has 0 N–H and O–H groups in total. The van der Waals surface area contributed by atoms with Gasteiger partial charge in [0.25, 0.3) is 11.8 Å². The smallest absolute Gasteiger partial charge is 0.330 e. The van der Waals surface area contributed by atoms with Gasteiger partial charge in [-0.2, -0.15) is 0 Å². The summed E-state index contributed by atoms with van der Waals surface area (Å²) in [6.45, 7) is 0. The number of rotatable bonds is 4. The Hall–Kier alpha value is -1.98. The summed E-state index contributed by atoms with van der Waals surface area (Å²) in [5.41, 5.74) is 0. The zero-order valence-electron chi connectivity index (χ0n) is 10.2. The Morgan fingerprint density at radius 1 is 1.26 bits per heavy atom. The van der Waals surface area contributed by atoms with Crippen molar-refractivity contribution in [3.05, 3.63) is 12.2 Å². The van der Waals surface area contributed by atoms with Gasteiger partial charge in [0.2, 0.25) is 0 Å². The molecular weight excluding hydrogens is 250 g/mol. The number of hydrogen-bond donors (Lipinski definition) is 0. The molecule has 1 heterocycles. The zero-order chi connectivity index (χ0) is 13.6. The topological polar surface area (TPSA) is 80.8 Å². The number of hydrogen-bond acceptors (Lipinski definition) is 5. The van der Waals surface area contributed by atoms with Gasteiger partial charge in [0, 0.05) is 6.42 Å². The highest BCUT2D eigenvalue weighted by Gasteiger charge is 2.60. The Morgan fingerprint density at radius 2 is 1.84 bits per heavy atom. The number of imide groups is 1. The molecule has 6 nitrogen and oxygen atoms in total. The third-order valence-electron chi connectivity index (χ3n) is 4.09.